The van der Waals surface area contributed by atoms with Gasteiger partial charge in [0, 0.05) is 30.4 Å². The number of aryl methyl sites for hydroxylation is 1. The molecule has 0 unspecified atom stereocenters. The molecule has 1 aliphatic heterocycles. The fourth-order valence-electron chi connectivity index (χ4n) is 4.68. The molecule has 11 heteroatoms. The summed E-state index contributed by atoms with van der Waals surface area (Å²) in [6.07, 6.45) is 7.17. The molecule has 2 aromatic heterocycles. The van der Waals surface area contributed by atoms with Crippen molar-refractivity contribution in [2.24, 2.45) is 5.92 Å². The molecule has 1 saturated heterocycles. The fraction of sp³-hybridized carbons (Fsp3) is 0.417. The summed E-state index contributed by atoms with van der Waals surface area (Å²) >= 11 is 5.94. The minimum absolute atomic E-state index is 0.0842. The summed E-state index contributed by atoms with van der Waals surface area (Å²) in [5.74, 6) is 1.63. The zero-order valence-electron chi connectivity index (χ0n) is 19.5. The number of aromatic nitrogens is 5. The topological polar surface area (TPSA) is 109 Å². The van der Waals surface area contributed by atoms with Gasteiger partial charge in [-0.15, -0.1) is 0 Å². The van der Waals surface area contributed by atoms with E-state index < -0.39 is 5.54 Å². The third-order valence-electron chi connectivity index (χ3n) is 6.94. The van der Waals surface area contributed by atoms with Crippen LogP contribution in [0.25, 0.3) is 0 Å². The predicted octanol–water partition coefficient (Wildman–Crippen LogP) is 3.47. The maximum atomic E-state index is 12.9. The average Bonchev–Trinajstić information content (AvgIpc) is 3.75. The molecule has 3 heterocycles. The highest BCUT2D eigenvalue weighted by Crippen LogP contribution is 2.47. The molecule has 3 aromatic rings. The van der Waals surface area contributed by atoms with E-state index in [1.54, 1.807) is 47.2 Å². The first-order valence-electron chi connectivity index (χ1n) is 11.7. The standard InChI is InChI=1S/C24H25ClN8O2/c1-14-27-21(29-22(28-14)33-18(15-3-4-15)11-31(2)23(33)35)30-24(9-10-24)19-12-32(13-26-19)20(34)16-5-7-17(25)8-6-16/h5-8,12-13,15,18H,3-4,9-11H2,1-2H3,(H,27,28,29,30)/t18-/m1/s1. The minimum Gasteiger partial charge on any atom is -0.343 e. The lowest BCUT2D eigenvalue weighted by Gasteiger charge is -2.22. The zero-order valence-corrected chi connectivity index (χ0v) is 20.2. The Morgan fingerprint density at radius 3 is 2.57 bits per heavy atom. The van der Waals surface area contributed by atoms with Crippen LogP contribution >= 0.6 is 11.6 Å². The normalized spacial score (nSPS) is 20.9. The smallest absolute Gasteiger partial charge is 0.327 e. The van der Waals surface area contributed by atoms with Crippen LogP contribution in [0.2, 0.25) is 5.02 Å². The van der Waals surface area contributed by atoms with Gasteiger partial charge >= 0.3 is 6.03 Å². The van der Waals surface area contributed by atoms with E-state index in [0.717, 1.165) is 31.4 Å². The second kappa shape index (κ2) is 8.01. The van der Waals surface area contributed by atoms with Gasteiger partial charge in [-0.25, -0.2) is 9.78 Å². The first-order chi connectivity index (χ1) is 16.8. The van der Waals surface area contributed by atoms with E-state index in [2.05, 4.69) is 25.3 Å². The van der Waals surface area contributed by atoms with Crippen molar-refractivity contribution in [2.75, 3.05) is 23.8 Å². The molecule has 2 aliphatic carbocycles. The molecule has 6 rings (SSSR count). The van der Waals surface area contributed by atoms with Crippen molar-refractivity contribution in [3.63, 3.8) is 0 Å². The molecular weight excluding hydrogens is 468 g/mol. The number of nitrogens with one attached hydrogen (secondary N) is 1. The Kier molecular flexibility index (Phi) is 5.03. The molecule has 2 saturated carbocycles. The van der Waals surface area contributed by atoms with Crippen molar-refractivity contribution < 1.29 is 9.59 Å². The number of carbonyl (C=O) groups is 2. The van der Waals surface area contributed by atoms with Gasteiger partial charge in [0.2, 0.25) is 11.9 Å². The van der Waals surface area contributed by atoms with Gasteiger partial charge in [0.25, 0.3) is 5.91 Å². The summed E-state index contributed by atoms with van der Waals surface area (Å²) in [6, 6.07) is 6.76. The van der Waals surface area contributed by atoms with Crippen LogP contribution in [0.3, 0.4) is 0 Å². The van der Waals surface area contributed by atoms with Gasteiger partial charge in [0.05, 0.1) is 17.3 Å². The molecule has 0 spiro atoms. The lowest BCUT2D eigenvalue weighted by Crippen LogP contribution is -2.37. The second-order valence-corrected chi connectivity index (χ2v) is 10.1. The Bertz CT molecular complexity index is 1320. The Labute approximate surface area is 207 Å². The van der Waals surface area contributed by atoms with E-state index in [0.29, 0.717) is 40.8 Å². The van der Waals surface area contributed by atoms with Crippen molar-refractivity contribution in [3.8, 4) is 0 Å². The van der Waals surface area contributed by atoms with Crippen LogP contribution in [0, 0.1) is 12.8 Å². The summed E-state index contributed by atoms with van der Waals surface area (Å²) in [5, 5.41) is 3.99. The molecule has 1 N–H and O–H groups in total. The average molecular weight is 493 g/mol. The molecule has 10 nitrogen and oxygen atoms in total. The van der Waals surface area contributed by atoms with Gasteiger partial charge in [-0.1, -0.05) is 11.6 Å². The van der Waals surface area contributed by atoms with Gasteiger partial charge < -0.3 is 10.2 Å². The van der Waals surface area contributed by atoms with Gasteiger partial charge in [-0.2, -0.15) is 15.0 Å². The highest BCUT2D eigenvalue weighted by Gasteiger charge is 2.48. The molecule has 0 bridgehead atoms. The molecule has 180 valence electrons. The van der Waals surface area contributed by atoms with E-state index in [1.165, 1.54) is 10.9 Å². The minimum atomic E-state index is -0.460. The molecular formula is C24H25ClN8O2. The number of hydrogen-bond acceptors (Lipinski definition) is 7. The highest BCUT2D eigenvalue weighted by atomic mass is 35.5. The number of amides is 2. The van der Waals surface area contributed by atoms with Crippen LogP contribution < -0.4 is 10.2 Å². The lowest BCUT2D eigenvalue weighted by molar-refractivity contribution is 0.0959. The number of nitrogens with zero attached hydrogens (tertiary/aromatic N) is 7. The Morgan fingerprint density at radius 2 is 1.89 bits per heavy atom. The van der Waals surface area contributed by atoms with E-state index in [1.807, 2.05) is 7.05 Å². The maximum Gasteiger partial charge on any atom is 0.327 e. The monoisotopic (exact) mass is 492 g/mol. The molecule has 3 aliphatic rings. The summed E-state index contributed by atoms with van der Waals surface area (Å²) in [7, 11) is 1.81. The Hall–Kier alpha value is -3.53. The largest absolute Gasteiger partial charge is 0.343 e. The van der Waals surface area contributed by atoms with E-state index in [9.17, 15) is 9.59 Å². The third kappa shape index (κ3) is 4.01. The number of anilines is 2. The Balaban J connectivity index is 1.25. The van der Waals surface area contributed by atoms with Crippen LogP contribution in [0.1, 0.15) is 47.6 Å². The highest BCUT2D eigenvalue weighted by molar-refractivity contribution is 6.30. The molecule has 2 amide bonds. The number of rotatable bonds is 6. The molecule has 1 atom stereocenters. The van der Waals surface area contributed by atoms with Gasteiger partial charge in [0.15, 0.2) is 0 Å². The molecule has 1 aromatic carbocycles. The van der Waals surface area contributed by atoms with Crippen LogP contribution in [-0.2, 0) is 5.54 Å². The number of halogens is 1. The number of urea groups is 1. The molecule has 0 radical (unpaired) electrons. The van der Waals surface area contributed by atoms with E-state index in [4.69, 9.17) is 11.6 Å². The summed E-state index contributed by atoms with van der Waals surface area (Å²) in [5.41, 5.74) is 0.810. The van der Waals surface area contributed by atoms with Gasteiger partial charge in [-0.05, 0) is 62.8 Å². The number of imidazole rings is 1. The predicted molar refractivity (Wildman–Crippen MR) is 130 cm³/mol. The number of likely N-dealkylation sites (N-methyl/N-ethyl adjacent to an activating group) is 1. The van der Waals surface area contributed by atoms with E-state index in [-0.39, 0.29) is 18.0 Å². The SMILES string of the molecule is Cc1nc(NC2(c3cn(C(=O)c4ccc(Cl)cc4)cn3)CC2)nc(N2C(=O)N(C)C[C@@H]2C2CC2)n1. The van der Waals surface area contributed by atoms with Crippen molar-refractivity contribution in [2.45, 2.75) is 44.2 Å². The molecule has 35 heavy (non-hydrogen) atoms. The van der Waals surface area contributed by atoms with Gasteiger partial charge in [-0.3, -0.25) is 14.3 Å². The van der Waals surface area contributed by atoms with E-state index >= 15 is 0 Å². The summed E-state index contributed by atoms with van der Waals surface area (Å²) < 4.78 is 1.48. The van der Waals surface area contributed by atoms with Crippen molar-refractivity contribution >= 4 is 35.4 Å². The number of hydrogen-bond donors (Lipinski definition) is 1. The van der Waals surface area contributed by atoms with Crippen LogP contribution in [0.15, 0.2) is 36.8 Å². The quantitative estimate of drug-likeness (QED) is 0.561. The van der Waals surface area contributed by atoms with Crippen molar-refractivity contribution in [1.29, 1.82) is 0 Å². The van der Waals surface area contributed by atoms with Crippen molar-refractivity contribution in [3.05, 3.63) is 58.9 Å². The third-order valence-corrected chi connectivity index (χ3v) is 7.19. The zero-order chi connectivity index (χ0) is 24.3. The second-order valence-electron chi connectivity index (χ2n) is 9.63. The summed E-state index contributed by atoms with van der Waals surface area (Å²) in [6.45, 7) is 2.48. The maximum absolute atomic E-state index is 12.9. The first kappa shape index (κ1) is 22.0. The van der Waals surface area contributed by atoms with Crippen molar-refractivity contribution in [1.82, 2.24) is 29.4 Å². The fourth-order valence-corrected chi connectivity index (χ4v) is 4.80. The van der Waals surface area contributed by atoms with Crippen LogP contribution in [0.4, 0.5) is 16.7 Å². The number of carbonyl (C=O) groups excluding carboxylic acids is 2. The number of benzene rings is 1. The van der Waals surface area contributed by atoms with Crippen LogP contribution in [-0.4, -0.2) is 61.0 Å². The van der Waals surface area contributed by atoms with Crippen LogP contribution in [0.5, 0.6) is 0 Å². The van der Waals surface area contributed by atoms with Gasteiger partial charge in [0.1, 0.15) is 12.2 Å². The lowest BCUT2D eigenvalue weighted by atomic mass is 10.2. The first-order valence-corrected chi connectivity index (χ1v) is 12.1. The Morgan fingerprint density at radius 1 is 1.14 bits per heavy atom. The molecule has 3 fully saturated rings. The summed E-state index contributed by atoms with van der Waals surface area (Å²) in [4.78, 5) is 47.3.